The number of rotatable bonds is 6. The summed E-state index contributed by atoms with van der Waals surface area (Å²) in [6, 6.07) is 11.2. The molecule has 1 N–H and O–H groups in total. The minimum Gasteiger partial charge on any atom is -0.497 e. The zero-order valence-electron chi connectivity index (χ0n) is 15.5. The van der Waals surface area contributed by atoms with Crippen molar-refractivity contribution in [3.05, 3.63) is 64.7 Å². The molecule has 0 aliphatic rings. The number of ether oxygens (including phenoxy) is 2. The molecular formula is C21H23NO4. The fraction of sp³-hybridized carbons (Fsp3) is 0.238. The van der Waals surface area contributed by atoms with Gasteiger partial charge in [-0.25, -0.2) is 4.79 Å². The van der Waals surface area contributed by atoms with Crippen molar-refractivity contribution in [2.24, 2.45) is 0 Å². The molecule has 1 amide bonds. The number of carbonyl (C=O) groups excluding carboxylic acids is 2. The molecule has 2 aromatic carbocycles. The minimum atomic E-state index is -0.583. The van der Waals surface area contributed by atoms with Crippen molar-refractivity contribution in [1.82, 2.24) is 0 Å². The quantitative estimate of drug-likeness (QED) is 0.633. The van der Waals surface area contributed by atoms with E-state index in [9.17, 15) is 9.59 Å². The first kappa shape index (κ1) is 19.2. The average Bonchev–Trinajstić information content (AvgIpc) is 2.61. The predicted octanol–water partition coefficient (Wildman–Crippen LogP) is 3.82. The van der Waals surface area contributed by atoms with Crippen LogP contribution in [-0.2, 0) is 14.3 Å². The van der Waals surface area contributed by atoms with E-state index in [1.165, 1.54) is 6.08 Å². The molecule has 0 bridgehead atoms. The Labute approximate surface area is 153 Å². The molecule has 26 heavy (non-hydrogen) atoms. The lowest BCUT2D eigenvalue weighted by atomic mass is 10.1. The van der Waals surface area contributed by atoms with E-state index in [1.54, 1.807) is 19.3 Å². The smallest absolute Gasteiger partial charge is 0.331 e. The summed E-state index contributed by atoms with van der Waals surface area (Å²) in [6.07, 6.45) is 2.89. The molecule has 0 heterocycles. The Hall–Kier alpha value is -3.08. The van der Waals surface area contributed by atoms with Crippen molar-refractivity contribution >= 4 is 23.6 Å². The van der Waals surface area contributed by atoms with Crippen molar-refractivity contribution in [2.45, 2.75) is 20.8 Å². The van der Waals surface area contributed by atoms with Gasteiger partial charge >= 0.3 is 5.97 Å². The third-order valence-corrected chi connectivity index (χ3v) is 3.79. The summed E-state index contributed by atoms with van der Waals surface area (Å²) in [5.41, 5.74) is 4.63. The first-order valence-electron chi connectivity index (χ1n) is 8.25. The van der Waals surface area contributed by atoms with Gasteiger partial charge in [-0.05, 0) is 55.7 Å². The first-order chi connectivity index (χ1) is 12.4. The Morgan fingerprint density at radius 1 is 1.08 bits per heavy atom. The van der Waals surface area contributed by atoms with Gasteiger partial charge in [-0.3, -0.25) is 4.79 Å². The molecule has 0 aliphatic heterocycles. The average molecular weight is 353 g/mol. The molecule has 0 atom stereocenters. The van der Waals surface area contributed by atoms with Crippen LogP contribution >= 0.6 is 0 Å². The van der Waals surface area contributed by atoms with Crippen LogP contribution < -0.4 is 10.1 Å². The predicted molar refractivity (Wildman–Crippen MR) is 102 cm³/mol. The molecule has 0 spiro atoms. The largest absolute Gasteiger partial charge is 0.497 e. The van der Waals surface area contributed by atoms with Gasteiger partial charge in [0.15, 0.2) is 6.61 Å². The molecule has 2 rings (SSSR count). The molecule has 5 nitrogen and oxygen atoms in total. The SMILES string of the molecule is COc1cccc(/C=C/C(=O)OCC(=O)Nc2c(C)cc(C)cc2C)c1. The molecule has 0 saturated carbocycles. The summed E-state index contributed by atoms with van der Waals surface area (Å²) in [5.74, 6) is -0.257. The lowest BCUT2D eigenvalue weighted by Gasteiger charge is -2.12. The van der Waals surface area contributed by atoms with Crippen molar-refractivity contribution in [2.75, 3.05) is 19.0 Å². The van der Waals surface area contributed by atoms with Gasteiger partial charge in [-0.15, -0.1) is 0 Å². The van der Waals surface area contributed by atoms with Crippen LogP contribution in [0.15, 0.2) is 42.5 Å². The van der Waals surface area contributed by atoms with E-state index in [-0.39, 0.29) is 12.5 Å². The monoisotopic (exact) mass is 353 g/mol. The number of benzene rings is 2. The van der Waals surface area contributed by atoms with Crippen LogP contribution in [0.1, 0.15) is 22.3 Å². The van der Waals surface area contributed by atoms with E-state index >= 15 is 0 Å². The highest BCUT2D eigenvalue weighted by molar-refractivity contribution is 5.95. The Balaban J connectivity index is 1.89. The molecular weight excluding hydrogens is 330 g/mol. The van der Waals surface area contributed by atoms with Crippen molar-refractivity contribution in [3.63, 3.8) is 0 Å². The second-order valence-electron chi connectivity index (χ2n) is 6.04. The number of aryl methyl sites for hydroxylation is 3. The van der Waals surface area contributed by atoms with E-state index in [0.717, 1.165) is 27.9 Å². The van der Waals surface area contributed by atoms with Crippen LogP contribution in [0.2, 0.25) is 0 Å². The van der Waals surface area contributed by atoms with Gasteiger partial charge in [-0.2, -0.15) is 0 Å². The van der Waals surface area contributed by atoms with Crippen LogP contribution in [0.3, 0.4) is 0 Å². The van der Waals surface area contributed by atoms with Crippen LogP contribution in [0.5, 0.6) is 5.75 Å². The fourth-order valence-corrected chi connectivity index (χ4v) is 2.65. The second kappa shape index (κ2) is 8.85. The maximum absolute atomic E-state index is 12.0. The van der Waals surface area contributed by atoms with Crippen molar-refractivity contribution < 1.29 is 19.1 Å². The lowest BCUT2D eigenvalue weighted by molar-refractivity contribution is -0.142. The highest BCUT2D eigenvalue weighted by Crippen LogP contribution is 2.21. The molecule has 5 heteroatoms. The first-order valence-corrected chi connectivity index (χ1v) is 8.25. The Bertz CT molecular complexity index is 817. The summed E-state index contributed by atoms with van der Waals surface area (Å²) in [6.45, 7) is 5.52. The van der Waals surface area contributed by atoms with E-state index in [4.69, 9.17) is 9.47 Å². The number of carbonyl (C=O) groups is 2. The highest BCUT2D eigenvalue weighted by Gasteiger charge is 2.10. The molecule has 2 aromatic rings. The molecule has 0 unspecified atom stereocenters. The van der Waals surface area contributed by atoms with Crippen LogP contribution in [0.25, 0.3) is 6.08 Å². The number of amides is 1. The van der Waals surface area contributed by atoms with Gasteiger partial charge < -0.3 is 14.8 Å². The lowest BCUT2D eigenvalue weighted by Crippen LogP contribution is -2.21. The van der Waals surface area contributed by atoms with Crippen LogP contribution in [0, 0.1) is 20.8 Å². The summed E-state index contributed by atoms with van der Waals surface area (Å²) in [4.78, 5) is 23.8. The van der Waals surface area contributed by atoms with Gasteiger partial charge in [0, 0.05) is 11.8 Å². The van der Waals surface area contributed by atoms with Crippen LogP contribution in [-0.4, -0.2) is 25.6 Å². The summed E-state index contributed by atoms with van der Waals surface area (Å²) in [7, 11) is 1.58. The third-order valence-electron chi connectivity index (χ3n) is 3.79. The van der Waals surface area contributed by atoms with Gasteiger partial charge in [-0.1, -0.05) is 29.8 Å². The van der Waals surface area contributed by atoms with Gasteiger partial charge in [0.2, 0.25) is 0 Å². The second-order valence-corrected chi connectivity index (χ2v) is 6.04. The van der Waals surface area contributed by atoms with E-state index < -0.39 is 5.97 Å². The molecule has 0 saturated heterocycles. The van der Waals surface area contributed by atoms with E-state index in [1.807, 2.05) is 51.1 Å². The van der Waals surface area contributed by atoms with E-state index in [2.05, 4.69) is 5.32 Å². The molecule has 136 valence electrons. The van der Waals surface area contributed by atoms with Gasteiger partial charge in [0.1, 0.15) is 5.75 Å². The highest BCUT2D eigenvalue weighted by atomic mass is 16.5. The summed E-state index contributed by atoms with van der Waals surface area (Å²) in [5, 5.41) is 2.79. The van der Waals surface area contributed by atoms with Crippen molar-refractivity contribution in [3.8, 4) is 5.75 Å². The zero-order chi connectivity index (χ0) is 19.1. The number of methoxy groups -OCH3 is 1. The standard InChI is InChI=1S/C21H23NO4/c1-14-10-15(2)21(16(3)11-14)22-19(23)13-26-20(24)9-8-17-6-5-7-18(12-17)25-4/h5-12H,13H2,1-4H3,(H,22,23)/b9-8+. The van der Waals surface area contributed by atoms with Crippen molar-refractivity contribution in [1.29, 1.82) is 0 Å². The Morgan fingerprint density at radius 2 is 1.77 bits per heavy atom. The number of anilines is 1. The van der Waals surface area contributed by atoms with Gasteiger partial charge in [0.25, 0.3) is 5.91 Å². The number of nitrogens with one attached hydrogen (secondary N) is 1. The summed E-state index contributed by atoms with van der Waals surface area (Å²) >= 11 is 0. The number of hydrogen-bond acceptors (Lipinski definition) is 4. The maximum Gasteiger partial charge on any atom is 0.331 e. The maximum atomic E-state index is 12.0. The fourth-order valence-electron chi connectivity index (χ4n) is 2.65. The zero-order valence-corrected chi connectivity index (χ0v) is 15.5. The topological polar surface area (TPSA) is 64.6 Å². The molecule has 0 fully saturated rings. The number of hydrogen-bond donors (Lipinski definition) is 1. The minimum absolute atomic E-state index is 0.339. The Morgan fingerprint density at radius 3 is 2.42 bits per heavy atom. The normalized spacial score (nSPS) is 10.6. The molecule has 0 radical (unpaired) electrons. The van der Waals surface area contributed by atoms with Gasteiger partial charge in [0.05, 0.1) is 7.11 Å². The summed E-state index contributed by atoms with van der Waals surface area (Å²) < 4.78 is 10.1. The third kappa shape index (κ3) is 5.48. The number of esters is 1. The van der Waals surface area contributed by atoms with E-state index in [0.29, 0.717) is 5.75 Å². The van der Waals surface area contributed by atoms with Crippen LogP contribution in [0.4, 0.5) is 5.69 Å². The molecule has 0 aliphatic carbocycles. The molecule has 0 aromatic heterocycles. The Kier molecular flexibility index (Phi) is 6.55.